The Morgan fingerprint density at radius 2 is 1.79 bits per heavy atom. The van der Waals surface area contributed by atoms with E-state index in [2.05, 4.69) is 5.32 Å². The van der Waals surface area contributed by atoms with Crippen LogP contribution in [0.25, 0.3) is 0 Å². The van der Waals surface area contributed by atoms with Crippen molar-refractivity contribution in [2.45, 2.75) is 58.4 Å². The summed E-state index contributed by atoms with van der Waals surface area (Å²) in [5.41, 5.74) is -0.363. The average molecular weight is 271 g/mol. The molecule has 0 aliphatic heterocycles. The first-order valence-corrected chi connectivity index (χ1v) is 7.00. The van der Waals surface area contributed by atoms with Gasteiger partial charge in [0.05, 0.1) is 6.42 Å². The normalized spacial score (nSPS) is 20.8. The molecule has 2 atom stereocenters. The number of carbonyl (C=O) groups is 2. The standard InChI is InChI=1S/C14H25NO4/c1-10(9-16)11(2)15-12(17)7-14(8-13(18)19)5-3-4-6-14/h10-11,16H,3-9H2,1-2H3,(H,15,17)(H,18,19). The maximum Gasteiger partial charge on any atom is 0.303 e. The molecule has 0 spiro atoms. The van der Waals surface area contributed by atoms with Crippen LogP contribution in [0.5, 0.6) is 0 Å². The summed E-state index contributed by atoms with van der Waals surface area (Å²) in [6, 6.07) is -0.0965. The van der Waals surface area contributed by atoms with Gasteiger partial charge in [0.15, 0.2) is 0 Å². The number of carboxylic acids is 1. The molecule has 0 aromatic heterocycles. The zero-order valence-electron chi connectivity index (χ0n) is 11.8. The largest absolute Gasteiger partial charge is 0.481 e. The second-order valence-electron chi connectivity index (χ2n) is 5.97. The molecule has 1 aliphatic carbocycles. The first-order valence-electron chi connectivity index (χ1n) is 7.00. The van der Waals surface area contributed by atoms with Crippen molar-refractivity contribution in [3.05, 3.63) is 0 Å². The molecule has 0 bridgehead atoms. The molecule has 5 heteroatoms. The van der Waals surface area contributed by atoms with Gasteiger partial charge >= 0.3 is 5.97 Å². The molecule has 1 fully saturated rings. The number of hydrogen-bond acceptors (Lipinski definition) is 3. The predicted molar refractivity (Wildman–Crippen MR) is 71.6 cm³/mol. The van der Waals surface area contributed by atoms with Gasteiger partial charge < -0.3 is 15.5 Å². The van der Waals surface area contributed by atoms with Crippen molar-refractivity contribution in [3.63, 3.8) is 0 Å². The lowest BCUT2D eigenvalue weighted by Gasteiger charge is -2.28. The third-order valence-corrected chi connectivity index (χ3v) is 4.26. The number of rotatable bonds is 7. The van der Waals surface area contributed by atoms with Crippen molar-refractivity contribution in [1.82, 2.24) is 5.32 Å². The Balaban J connectivity index is 2.55. The van der Waals surface area contributed by atoms with Gasteiger partial charge in [-0.15, -0.1) is 0 Å². The van der Waals surface area contributed by atoms with Crippen LogP contribution in [0, 0.1) is 11.3 Å². The molecule has 5 nitrogen and oxygen atoms in total. The summed E-state index contributed by atoms with van der Waals surface area (Å²) in [6.07, 6.45) is 3.99. The average Bonchev–Trinajstić information content (AvgIpc) is 2.74. The van der Waals surface area contributed by atoms with Gasteiger partial charge in [0.25, 0.3) is 0 Å². The summed E-state index contributed by atoms with van der Waals surface area (Å²) < 4.78 is 0. The van der Waals surface area contributed by atoms with E-state index >= 15 is 0 Å². The van der Waals surface area contributed by atoms with Crippen molar-refractivity contribution in [1.29, 1.82) is 0 Å². The number of aliphatic carboxylic acids is 1. The molecule has 1 amide bonds. The Hall–Kier alpha value is -1.10. The summed E-state index contributed by atoms with van der Waals surface area (Å²) in [7, 11) is 0. The Morgan fingerprint density at radius 3 is 2.26 bits per heavy atom. The van der Waals surface area contributed by atoms with Crippen LogP contribution >= 0.6 is 0 Å². The number of carboxylic acid groups (broad SMARTS) is 1. The molecule has 3 N–H and O–H groups in total. The van der Waals surface area contributed by atoms with Crippen molar-refractivity contribution in [2.75, 3.05) is 6.61 Å². The van der Waals surface area contributed by atoms with Crippen LogP contribution in [-0.2, 0) is 9.59 Å². The van der Waals surface area contributed by atoms with Crippen LogP contribution < -0.4 is 5.32 Å². The molecule has 0 heterocycles. The number of aliphatic hydroxyl groups is 1. The van der Waals surface area contributed by atoms with E-state index in [-0.39, 0.29) is 42.7 Å². The fourth-order valence-electron chi connectivity index (χ4n) is 2.81. The lowest BCUT2D eigenvalue weighted by molar-refractivity contribution is -0.140. The Kier molecular flexibility index (Phi) is 5.79. The third-order valence-electron chi connectivity index (χ3n) is 4.26. The van der Waals surface area contributed by atoms with Gasteiger partial charge in [-0.2, -0.15) is 0 Å². The number of nitrogens with one attached hydrogen (secondary N) is 1. The van der Waals surface area contributed by atoms with Crippen LogP contribution in [0.1, 0.15) is 52.4 Å². The van der Waals surface area contributed by atoms with E-state index < -0.39 is 5.97 Å². The number of carbonyl (C=O) groups excluding carboxylic acids is 1. The van der Waals surface area contributed by atoms with Crippen LogP contribution in [0.2, 0.25) is 0 Å². The second kappa shape index (κ2) is 6.89. The Labute approximate surface area is 114 Å². The molecular weight excluding hydrogens is 246 g/mol. The fourth-order valence-corrected chi connectivity index (χ4v) is 2.81. The monoisotopic (exact) mass is 271 g/mol. The summed E-state index contributed by atoms with van der Waals surface area (Å²) in [5, 5.41) is 20.9. The van der Waals surface area contributed by atoms with Crippen molar-refractivity contribution in [3.8, 4) is 0 Å². The highest BCUT2D eigenvalue weighted by Crippen LogP contribution is 2.44. The lowest BCUT2D eigenvalue weighted by Crippen LogP contribution is -2.40. The van der Waals surface area contributed by atoms with Gasteiger partial charge in [-0.1, -0.05) is 19.8 Å². The Bertz CT molecular complexity index is 323. The van der Waals surface area contributed by atoms with Gasteiger partial charge in [0.2, 0.25) is 5.91 Å². The number of aliphatic hydroxyl groups excluding tert-OH is 1. The van der Waals surface area contributed by atoms with Crippen LogP contribution in [0.15, 0.2) is 0 Å². The Morgan fingerprint density at radius 1 is 1.21 bits per heavy atom. The minimum atomic E-state index is -0.827. The molecule has 0 aromatic carbocycles. The van der Waals surface area contributed by atoms with Gasteiger partial charge in [-0.25, -0.2) is 0 Å². The van der Waals surface area contributed by atoms with Crippen molar-refractivity contribution < 1.29 is 19.8 Å². The number of amides is 1. The molecule has 1 saturated carbocycles. The van der Waals surface area contributed by atoms with Crippen molar-refractivity contribution >= 4 is 11.9 Å². The van der Waals surface area contributed by atoms with E-state index in [1.165, 1.54) is 0 Å². The highest BCUT2D eigenvalue weighted by Gasteiger charge is 2.38. The van der Waals surface area contributed by atoms with Gasteiger partial charge in [-0.05, 0) is 31.1 Å². The van der Waals surface area contributed by atoms with E-state index in [1.54, 1.807) is 0 Å². The van der Waals surface area contributed by atoms with Gasteiger partial charge in [0, 0.05) is 19.1 Å². The highest BCUT2D eigenvalue weighted by molar-refractivity contribution is 5.78. The minimum Gasteiger partial charge on any atom is -0.481 e. The van der Waals surface area contributed by atoms with E-state index in [9.17, 15) is 9.59 Å². The fraction of sp³-hybridized carbons (Fsp3) is 0.857. The first kappa shape index (κ1) is 16.0. The van der Waals surface area contributed by atoms with Crippen LogP contribution in [-0.4, -0.2) is 34.7 Å². The van der Waals surface area contributed by atoms with E-state index in [0.717, 1.165) is 25.7 Å². The maximum absolute atomic E-state index is 12.0. The molecule has 0 saturated heterocycles. The highest BCUT2D eigenvalue weighted by atomic mass is 16.4. The quantitative estimate of drug-likeness (QED) is 0.655. The molecule has 1 aliphatic rings. The molecule has 1 rings (SSSR count). The molecular formula is C14H25NO4. The summed E-state index contributed by atoms with van der Waals surface area (Å²) in [5.74, 6) is -0.926. The lowest BCUT2D eigenvalue weighted by atomic mass is 9.79. The van der Waals surface area contributed by atoms with E-state index in [1.807, 2.05) is 13.8 Å². The van der Waals surface area contributed by atoms with Crippen molar-refractivity contribution in [2.24, 2.45) is 11.3 Å². The third kappa shape index (κ3) is 4.82. The van der Waals surface area contributed by atoms with E-state index in [4.69, 9.17) is 10.2 Å². The smallest absolute Gasteiger partial charge is 0.303 e. The molecule has 19 heavy (non-hydrogen) atoms. The topological polar surface area (TPSA) is 86.6 Å². The second-order valence-corrected chi connectivity index (χ2v) is 5.97. The molecule has 0 radical (unpaired) electrons. The van der Waals surface area contributed by atoms with Crippen LogP contribution in [0.3, 0.4) is 0 Å². The zero-order valence-corrected chi connectivity index (χ0v) is 11.8. The molecule has 0 aromatic rings. The molecule has 2 unspecified atom stereocenters. The minimum absolute atomic E-state index is 0.00273. The van der Waals surface area contributed by atoms with E-state index in [0.29, 0.717) is 0 Å². The first-order chi connectivity index (χ1) is 8.88. The van der Waals surface area contributed by atoms with Crippen LogP contribution in [0.4, 0.5) is 0 Å². The summed E-state index contributed by atoms with van der Waals surface area (Å²) in [4.78, 5) is 23.0. The SMILES string of the molecule is CC(CO)C(C)NC(=O)CC1(CC(=O)O)CCCC1. The predicted octanol–water partition coefficient (Wildman–Crippen LogP) is 1.54. The van der Waals surface area contributed by atoms with Gasteiger partial charge in [0.1, 0.15) is 0 Å². The zero-order chi connectivity index (χ0) is 14.5. The summed E-state index contributed by atoms with van der Waals surface area (Å²) in [6.45, 7) is 3.76. The number of hydrogen-bond donors (Lipinski definition) is 3. The van der Waals surface area contributed by atoms with Gasteiger partial charge in [-0.3, -0.25) is 9.59 Å². The molecule has 110 valence electrons. The summed E-state index contributed by atoms with van der Waals surface area (Å²) >= 11 is 0. The maximum atomic E-state index is 12.0.